The molecule has 0 saturated heterocycles. The van der Waals surface area contributed by atoms with Gasteiger partial charge in [0.15, 0.2) is 0 Å². The summed E-state index contributed by atoms with van der Waals surface area (Å²) in [5.74, 6) is -0.899. The van der Waals surface area contributed by atoms with Crippen molar-refractivity contribution in [1.29, 1.82) is 0 Å². The zero-order valence-electron chi connectivity index (χ0n) is 11.1. The van der Waals surface area contributed by atoms with Gasteiger partial charge in [-0.25, -0.2) is 0 Å². The Hall–Kier alpha value is -1.39. The molecular formula is C14H21NO3. The number of rotatable bonds is 4. The Morgan fingerprint density at radius 2 is 1.89 bits per heavy atom. The highest BCUT2D eigenvalue weighted by molar-refractivity contribution is 5.78. The normalized spacial score (nSPS) is 14.9. The fourth-order valence-electron chi connectivity index (χ4n) is 1.67. The van der Waals surface area contributed by atoms with Gasteiger partial charge in [0, 0.05) is 6.42 Å². The molecule has 0 radical (unpaired) electrons. The van der Waals surface area contributed by atoms with Gasteiger partial charge in [-0.1, -0.05) is 30.3 Å². The third-order valence-corrected chi connectivity index (χ3v) is 2.37. The van der Waals surface area contributed by atoms with Crippen LogP contribution >= 0.6 is 0 Å². The maximum atomic E-state index is 12.1. The van der Waals surface area contributed by atoms with Crippen LogP contribution in [0.2, 0.25) is 0 Å². The van der Waals surface area contributed by atoms with Crippen LogP contribution in [0.3, 0.4) is 0 Å². The molecule has 1 aromatic carbocycles. The van der Waals surface area contributed by atoms with E-state index in [0.29, 0.717) is 0 Å². The topological polar surface area (TPSA) is 72.5 Å². The first kappa shape index (κ1) is 14.7. The second-order valence-corrected chi connectivity index (χ2v) is 5.30. The van der Waals surface area contributed by atoms with Crippen molar-refractivity contribution in [2.45, 2.75) is 44.9 Å². The van der Waals surface area contributed by atoms with Crippen LogP contribution in [0.1, 0.15) is 38.7 Å². The molecule has 100 valence electrons. The molecule has 0 saturated carbocycles. The molecule has 0 amide bonds. The van der Waals surface area contributed by atoms with Crippen LogP contribution in [0.15, 0.2) is 30.3 Å². The third kappa shape index (κ3) is 4.85. The Morgan fingerprint density at radius 1 is 1.33 bits per heavy atom. The van der Waals surface area contributed by atoms with Crippen LogP contribution in [0.25, 0.3) is 0 Å². The van der Waals surface area contributed by atoms with Gasteiger partial charge >= 0.3 is 5.97 Å². The molecule has 0 bridgehead atoms. The number of aliphatic hydroxyl groups is 1. The van der Waals surface area contributed by atoms with Crippen LogP contribution in [0.5, 0.6) is 0 Å². The number of hydrogen-bond acceptors (Lipinski definition) is 4. The first-order valence-corrected chi connectivity index (χ1v) is 6.01. The highest BCUT2D eigenvalue weighted by Gasteiger charge is 2.27. The summed E-state index contributed by atoms with van der Waals surface area (Å²) >= 11 is 0. The van der Waals surface area contributed by atoms with Gasteiger partial charge in [0.25, 0.3) is 0 Å². The second kappa shape index (κ2) is 5.98. The first-order valence-electron chi connectivity index (χ1n) is 6.01. The Kier molecular flexibility index (Phi) is 4.87. The molecule has 4 nitrogen and oxygen atoms in total. The number of ether oxygens (including phenoxy) is 1. The minimum absolute atomic E-state index is 0.152. The van der Waals surface area contributed by atoms with Crippen molar-refractivity contribution in [2.24, 2.45) is 5.73 Å². The van der Waals surface area contributed by atoms with E-state index in [1.54, 1.807) is 0 Å². The molecule has 0 aliphatic rings. The van der Waals surface area contributed by atoms with Gasteiger partial charge in [-0.2, -0.15) is 0 Å². The zero-order chi connectivity index (χ0) is 13.8. The van der Waals surface area contributed by atoms with E-state index in [4.69, 9.17) is 10.5 Å². The van der Waals surface area contributed by atoms with Crippen molar-refractivity contribution in [2.75, 3.05) is 0 Å². The fourth-order valence-corrected chi connectivity index (χ4v) is 1.67. The summed E-state index contributed by atoms with van der Waals surface area (Å²) in [6.07, 6.45) is -0.887. The lowest BCUT2D eigenvalue weighted by Crippen LogP contribution is -2.31. The van der Waals surface area contributed by atoms with Crippen LogP contribution in [-0.2, 0) is 9.53 Å². The van der Waals surface area contributed by atoms with Crippen LogP contribution < -0.4 is 5.73 Å². The number of benzene rings is 1. The molecule has 0 aliphatic heterocycles. The van der Waals surface area contributed by atoms with E-state index in [0.717, 1.165) is 5.56 Å². The van der Waals surface area contributed by atoms with E-state index in [2.05, 4.69) is 0 Å². The third-order valence-electron chi connectivity index (χ3n) is 2.37. The van der Waals surface area contributed by atoms with Crippen LogP contribution in [0, 0.1) is 0 Å². The lowest BCUT2D eigenvalue weighted by Gasteiger charge is -2.24. The number of carbonyl (C=O) groups is 1. The molecule has 0 heterocycles. The van der Waals surface area contributed by atoms with Crippen molar-refractivity contribution in [3.05, 3.63) is 35.9 Å². The molecule has 0 spiro atoms. The predicted octanol–water partition coefficient (Wildman–Crippen LogP) is 1.78. The fraction of sp³-hybridized carbons (Fsp3) is 0.500. The van der Waals surface area contributed by atoms with Gasteiger partial charge in [-0.15, -0.1) is 0 Å². The van der Waals surface area contributed by atoms with E-state index >= 15 is 0 Å². The quantitative estimate of drug-likeness (QED) is 0.632. The highest BCUT2D eigenvalue weighted by Crippen LogP contribution is 2.24. The Morgan fingerprint density at radius 3 is 2.33 bits per heavy atom. The monoisotopic (exact) mass is 251 g/mol. The highest BCUT2D eigenvalue weighted by atomic mass is 16.6. The summed E-state index contributed by atoms with van der Waals surface area (Å²) in [6.45, 7) is 5.43. The van der Waals surface area contributed by atoms with Gasteiger partial charge < -0.3 is 15.6 Å². The zero-order valence-corrected chi connectivity index (χ0v) is 11.1. The Labute approximate surface area is 108 Å². The predicted molar refractivity (Wildman–Crippen MR) is 69.8 cm³/mol. The van der Waals surface area contributed by atoms with Crippen LogP contribution in [0.4, 0.5) is 0 Å². The molecule has 18 heavy (non-hydrogen) atoms. The van der Waals surface area contributed by atoms with Gasteiger partial charge in [-0.3, -0.25) is 4.79 Å². The number of nitrogens with two attached hydrogens (primary N) is 1. The molecule has 3 N–H and O–H groups in total. The van der Waals surface area contributed by atoms with Crippen molar-refractivity contribution >= 4 is 5.97 Å². The molecule has 1 rings (SSSR count). The van der Waals surface area contributed by atoms with Crippen molar-refractivity contribution in [3.8, 4) is 0 Å². The van der Waals surface area contributed by atoms with E-state index in [1.807, 2.05) is 51.1 Å². The number of carbonyl (C=O) groups excluding carboxylic acids is 1. The van der Waals surface area contributed by atoms with Crippen molar-refractivity contribution in [1.82, 2.24) is 0 Å². The molecular weight excluding hydrogens is 230 g/mol. The number of aliphatic hydroxyl groups excluding tert-OH is 1. The minimum atomic E-state index is -1.04. The van der Waals surface area contributed by atoms with Gasteiger partial charge in [0.1, 0.15) is 11.8 Å². The van der Waals surface area contributed by atoms with Crippen LogP contribution in [-0.4, -0.2) is 22.9 Å². The molecule has 1 aromatic rings. The molecule has 0 fully saturated rings. The SMILES string of the molecule is CC(C)(C)OC(=O)C(C[C@@H](N)O)c1ccccc1. The Bertz CT molecular complexity index is 382. The maximum Gasteiger partial charge on any atom is 0.314 e. The summed E-state index contributed by atoms with van der Waals surface area (Å²) in [6, 6.07) is 9.22. The van der Waals surface area contributed by atoms with Gasteiger partial charge in [0.05, 0.1) is 5.92 Å². The average molecular weight is 251 g/mol. The molecule has 0 aliphatic carbocycles. The lowest BCUT2D eigenvalue weighted by molar-refractivity contribution is -0.157. The van der Waals surface area contributed by atoms with Gasteiger partial charge in [-0.05, 0) is 26.3 Å². The summed E-state index contributed by atoms with van der Waals surface area (Å²) in [5.41, 5.74) is 5.63. The van der Waals surface area contributed by atoms with E-state index in [1.165, 1.54) is 0 Å². The van der Waals surface area contributed by atoms with Gasteiger partial charge in [0.2, 0.25) is 0 Å². The van der Waals surface area contributed by atoms with E-state index in [-0.39, 0.29) is 12.4 Å². The van der Waals surface area contributed by atoms with Crippen molar-refractivity contribution in [3.63, 3.8) is 0 Å². The summed E-state index contributed by atoms with van der Waals surface area (Å²) in [7, 11) is 0. The number of esters is 1. The molecule has 0 aromatic heterocycles. The average Bonchev–Trinajstić information content (AvgIpc) is 2.24. The standard InChI is InChI=1S/C14H21NO3/c1-14(2,3)18-13(17)11(9-12(15)16)10-7-5-4-6-8-10/h4-8,11-12,16H,9,15H2,1-3H3/t11?,12-/m0/s1. The summed E-state index contributed by atoms with van der Waals surface area (Å²) in [4.78, 5) is 12.1. The summed E-state index contributed by atoms with van der Waals surface area (Å²) in [5, 5.41) is 9.30. The van der Waals surface area contributed by atoms with E-state index in [9.17, 15) is 9.90 Å². The van der Waals surface area contributed by atoms with Crippen molar-refractivity contribution < 1.29 is 14.6 Å². The summed E-state index contributed by atoms with van der Waals surface area (Å²) < 4.78 is 5.35. The molecule has 4 heteroatoms. The first-order chi connectivity index (χ1) is 8.29. The number of hydrogen-bond donors (Lipinski definition) is 2. The molecule has 2 atom stereocenters. The largest absolute Gasteiger partial charge is 0.459 e. The second-order valence-electron chi connectivity index (χ2n) is 5.30. The Balaban J connectivity index is 2.89. The lowest BCUT2D eigenvalue weighted by atomic mass is 9.95. The molecule has 1 unspecified atom stereocenters. The maximum absolute atomic E-state index is 12.1. The van der Waals surface area contributed by atoms with E-state index < -0.39 is 17.7 Å². The minimum Gasteiger partial charge on any atom is -0.459 e. The smallest absolute Gasteiger partial charge is 0.314 e.